The number of aliphatic hydroxyl groups is 1. The Labute approximate surface area is 254 Å². The van der Waals surface area contributed by atoms with Crippen LogP contribution in [0.1, 0.15) is 58.2 Å². The first kappa shape index (κ1) is 30.1. The predicted molar refractivity (Wildman–Crippen MR) is 191 cm³/mol. The summed E-state index contributed by atoms with van der Waals surface area (Å²) in [6, 6.07) is 31.2. The van der Waals surface area contributed by atoms with Crippen LogP contribution in [-0.2, 0) is 6.61 Å². The van der Waals surface area contributed by atoms with E-state index < -0.39 is 16.1 Å². The molecule has 0 saturated carbocycles. The maximum absolute atomic E-state index is 10.2. The van der Waals surface area contributed by atoms with Gasteiger partial charge in [-0.25, -0.2) is 0 Å². The van der Waals surface area contributed by atoms with E-state index in [2.05, 4.69) is 119 Å². The molecule has 0 radical (unpaired) electrons. The number of rotatable bonds is 7. The molecule has 214 valence electrons. The fraction of sp³-hybridized carbons (Fsp3) is 0.333. The van der Waals surface area contributed by atoms with E-state index in [9.17, 15) is 5.11 Å². The molecule has 1 nitrogen and oxygen atoms in total. The normalized spacial score (nSPS) is 12.0. The minimum Gasteiger partial charge on any atom is -0.392 e. The topological polar surface area (TPSA) is 20.2 Å². The molecule has 0 unspecified atom stereocenters. The smallest absolute Gasteiger partial charge is 0.138 e. The van der Waals surface area contributed by atoms with Gasteiger partial charge < -0.3 is 5.11 Å². The predicted octanol–water partition coefficient (Wildman–Crippen LogP) is 10.6. The van der Waals surface area contributed by atoms with E-state index >= 15 is 0 Å². The molecule has 0 aromatic heterocycles. The van der Waals surface area contributed by atoms with Gasteiger partial charge in [0.2, 0.25) is 0 Å². The Bertz CT molecular complexity index is 1890. The molecule has 0 heterocycles. The molecule has 0 aliphatic heterocycles. The van der Waals surface area contributed by atoms with Crippen LogP contribution in [0.2, 0.25) is 36.3 Å². The van der Waals surface area contributed by atoms with E-state index in [1.54, 1.807) is 0 Å². The molecule has 0 fully saturated rings. The minimum absolute atomic E-state index is 0.0177. The van der Waals surface area contributed by atoms with Crippen LogP contribution in [0.25, 0.3) is 43.1 Å². The summed E-state index contributed by atoms with van der Waals surface area (Å²) >= 11 is 0. The molecule has 5 aromatic carbocycles. The van der Waals surface area contributed by atoms with Crippen molar-refractivity contribution in [2.75, 3.05) is 0 Å². The van der Waals surface area contributed by atoms with Gasteiger partial charge in [-0.1, -0.05) is 95.8 Å². The first-order valence-electron chi connectivity index (χ1n) is 15.9. The molecule has 0 aliphatic rings. The maximum Gasteiger partial charge on any atom is 0.138 e. The van der Waals surface area contributed by atoms with Crippen molar-refractivity contribution in [1.82, 2.24) is 0 Å². The SMILES string of the molecule is CC[Si](C#Cc1c2cc3ccccc3cc2c(C#C[Si](CC)(CC)CC)c2cc3c(CO)cccc3cc12)(CC)CC. The summed E-state index contributed by atoms with van der Waals surface area (Å²) in [5.41, 5.74) is 11.0. The lowest BCUT2D eigenvalue weighted by Crippen LogP contribution is -2.29. The van der Waals surface area contributed by atoms with Gasteiger partial charge in [0, 0.05) is 11.1 Å². The Hall–Kier alpha value is -3.35. The van der Waals surface area contributed by atoms with Gasteiger partial charge in [-0.2, -0.15) is 0 Å². The molecule has 0 spiro atoms. The van der Waals surface area contributed by atoms with Crippen LogP contribution in [0, 0.1) is 22.9 Å². The van der Waals surface area contributed by atoms with Crippen LogP contribution in [0.5, 0.6) is 0 Å². The van der Waals surface area contributed by atoms with E-state index in [0.29, 0.717) is 0 Å². The number of aliphatic hydroxyl groups excluding tert-OH is 1. The highest BCUT2D eigenvalue weighted by molar-refractivity contribution is 6.87. The summed E-state index contributed by atoms with van der Waals surface area (Å²) in [5.74, 6) is 7.67. The van der Waals surface area contributed by atoms with Crippen molar-refractivity contribution in [1.29, 1.82) is 0 Å². The van der Waals surface area contributed by atoms with E-state index in [1.165, 1.54) is 63.2 Å². The van der Waals surface area contributed by atoms with Gasteiger partial charge in [-0.3, -0.25) is 0 Å². The van der Waals surface area contributed by atoms with E-state index in [0.717, 1.165) is 32.8 Å². The van der Waals surface area contributed by atoms with Gasteiger partial charge in [-0.15, -0.1) is 11.1 Å². The highest BCUT2D eigenvalue weighted by atomic mass is 28.3. The molecule has 1 N–H and O–H groups in total. The highest BCUT2D eigenvalue weighted by Crippen LogP contribution is 2.38. The van der Waals surface area contributed by atoms with Crippen molar-refractivity contribution < 1.29 is 5.11 Å². The third-order valence-corrected chi connectivity index (χ3v) is 19.6. The zero-order valence-electron chi connectivity index (χ0n) is 26.2. The molecule has 0 aliphatic carbocycles. The first-order valence-corrected chi connectivity index (χ1v) is 21.2. The van der Waals surface area contributed by atoms with Crippen LogP contribution in [0.4, 0.5) is 0 Å². The number of fused-ring (bicyclic) bond motifs is 4. The lowest BCUT2D eigenvalue weighted by Gasteiger charge is -2.21. The molecule has 42 heavy (non-hydrogen) atoms. The van der Waals surface area contributed by atoms with Gasteiger partial charge in [0.15, 0.2) is 0 Å². The van der Waals surface area contributed by atoms with Gasteiger partial charge in [0.05, 0.1) is 6.61 Å². The molecular formula is C39H44OSi2. The second kappa shape index (κ2) is 12.5. The minimum atomic E-state index is -1.69. The van der Waals surface area contributed by atoms with E-state index in [4.69, 9.17) is 0 Å². The first-order chi connectivity index (χ1) is 20.4. The number of hydrogen-bond acceptors (Lipinski definition) is 1. The molecule has 5 aromatic rings. The van der Waals surface area contributed by atoms with Crippen LogP contribution in [-0.4, -0.2) is 21.3 Å². The van der Waals surface area contributed by atoms with Crippen molar-refractivity contribution in [2.24, 2.45) is 0 Å². The lowest BCUT2D eigenvalue weighted by molar-refractivity contribution is 0.283. The number of hydrogen-bond donors (Lipinski definition) is 1. The van der Waals surface area contributed by atoms with Crippen molar-refractivity contribution in [3.8, 4) is 22.9 Å². The van der Waals surface area contributed by atoms with E-state index in [-0.39, 0.29) is 6.61 Å². The highest BCUT2D eigenvalue weighted by Gasteiger charge is 2.26. The van der Waals surface area contributed by atoms with Gasteiger partial charge in [0.25, 0.3) is 0 Å². The Morgan fingerprint density at radius 3 is 1.33 bits per heavy atom. The van der Waals surface area contributed by atoms with Crippen molar-refractivity contribution >= 4 is 59.2 Å². The van der Waals surface area contributed by atoms with Crippen LogP contribution < -0.4 is 0 Å². The van der Waals surface area contributed by atoms with Gasteiger partial charge in [-0.05, 0) is 109 Å². The molecule has 5 rings (SSSR count). The van der Waals surface area contributed by atoms with Crippen molar-refractivity contribution in [2.45, 2.75) is 84.4 Å². The van der Waals surface area contributed by atoms with Crippen LogP contribution in [0.3, 0.4) is 0 Å². The van der Waals surface area contributed by atoms with Crippen molar-refractivity contribution in [3.05, 3.63) is 83.4 Å². The zero-order valence-corrected chi connectivity index (χ0v) is 28.2. The quantitative estimate of drug-likeness (QED) is 0.115. The Morgan fingerprint density at radius 2 is 0.905 bits per heavy atom. The Balaban J connectivity index is 2.02. The van der Waals surface area contributed by atoms with Gasteiger partial charge >= 0.3 is 0 Å². The summed E-state index contributed by atoms with van der Waals surface area (Å²) in [4.78, 5) is 0. The third kappa shape index (κ3) is 5.31. The van der Waals surface area contributed by atoms with Crippen LogP contribution in [0.15, 0.2) is 66.7 Å². The number of benzene rings is 5. The fourth-order valence-electron chi connectivity index (χ4n) is 6.58. The molecule has 3 heteroatoms. The summed E-state index contributed by atoms with van der Waals surface area (Å²) in [5, 5.41) is 19.7. The Morgan fingerprint density at radius 1 is 0.500 bits per heavy atom. The summed E-state index contributed by atoms with van der Waals surface area (Å²) in [6.45, 7) is 14.0. The average Bonchev–Trinajstić information content (AvgIpc) is 3.04. The van der Waals surface area contributed by atoms with E-state index in [1.807, 2.05) is 12.1 Å². The van der Waals surface area contributed by atoms with Gasteiger partial charge in [0.1, 0.15) is 16.1 Å². The third-order valence-electron chi connectivity index (χ3n) is 10.2. The molecule has 0 saturated heterocycles. The zero-order chi connectivity index (χ0) is 29.9. The molecular weight excluding hydrogens is 541 g/mol. The second-order valence-corrected chi connectivity index (χ2v) is 21.7. The van der Waals surface area contributed by atoms with Crippen molar-refractivity contribution in [3.63, 3.8) is 0 Å². The van der Waals surface area contributed by atoms with Crippen LogP contribution >= 0.6 is 0 Å². The largest absolute Gasteiger partial charge is 0.392 e. The molecule has 0 bridgehead atoms. The average molecular weight is 585 g/mol. The monoisotopic (exact) mass is 584 g/mol. The maximum atomic E-state index is 10.2. The fourth-order valence-corrected chi connectivity index (χ4v) is 11.4. The summed E-state index contributed by atoms with van der Waals surface area (Å²) < 4.78 is 0. The molecule has 0 atom stereocenters. The summed E-state index contributed by atoms with van der Waals surface area (Å²) in [6.07, 6.45) is 0. The molecule has 0 amide bonds. The summed E-state index contributed by atoms with van der Waals surface area (Å²) in [7, 11) is -3.37. The second-order valence-electron chi connectivity index (χ2n) is 11.9. The Kier molecular flexibility index (Phi) is 8.95. The standard InChI is InChI=1S/C39H44OSi2/c1-7-41(8-2,9-3)22-20-33-36-24-29-16-13-14-17-30(29)25-37(36)34(21-23-42(10-4,11-5)12-6)39-27-35-31(26-38(33)39)18-15-19-32(35)28-40/h13-19,24-27,40H,7-12,28H2,1-6H3. The lowest BCUT2D eigenvalue weighted by atomic mass is 9.88.